The lowest BCUT2D eigenvalue weighted by Crippen LogP contribution is -2.19. The Labute approximate surface area is 101 Å². The van der Waals surface area contributed by atoms with Gasteiger partial charge in [-0.1, -0.05) is 12.2 Å². The third-order valence-electron chi connectivity index (χ3n) is 2.13. The normalized spacial score (nSPS) is 9.94. The van der Waals surface area contributed by atoms with Crippen molar-refractivity contribution in [3.63, 3.8) is 0 Å². The predicted octanol–water partition coefficient (Wildman–Crippen LogP) is 1.72. The van der Waals surface area contributed by atoms with Crippen LogP contribution in [-0.4, -0.2) is 19.6 Å². The van der Waals surface area contributed by atoms with Crippen molar-refractivity contribution >= 4 is 12.0 Å². The quantitative estimate of drug-likeness (QED) is 0.856. The maximum atomic E-state index is 10.7. The molecule has 4 nitrogen and oxygen atoms in total. The van der Waals surface area contributed by atoms with E-state index in [0.29, 0.717) is 17.9 Å². The SMILES string of the molecule is COc1ccc(C#N)cc1C=CCNC(C)=O. The van der Waals surface area contributed by atoms with E-state index in [4.69, 9.17) is 10.00 Å². The zero-order valence-electron chi connectivity index (χ0n) is 9.86. The Kier molecular flexibility index (Phi) is 4.77. The Bertz CT molecular complexity index is 473. The molecule has 0 radical (unpaired) electrons. The zero-order valence-corrected chi connectivity index (χ0v) is 9.86. The number of nitrogens with one attached hydrogen (secondary N) is 1. The van der Waals surface area contributed by atoms with Crippen LogP contribution in [0.2, 0.25) is 0 Å². The van der Waals surface area contributed by atoms with Crippen LogP contribution in [0.25, 0.3) is 6.08 Å². The average Bonchev–Trinajstić information content (AvgIpc) is 2.34. The van der Waals surface area contributed by atoms with Crippen LogP contribution in [0.4, 0.5) is 0 Å². The first-order chi connectivity index (χ1) is 8.17. The molecule has 0 atom stereocenters. The average molecular weight is 230 g/mol. The van der Waals surface area contributed by atoms with Crippen LogP contribution < -0.4 is 10.1 Å². The molecule has 1 aromatic rings. The van der Waals surface area contributed by atoms with Crippen LogP contribution >= 0.6 is 0 Å². The summed E-state index contributed by atoms with van der Waals surface area (Å²) in [6.07, 6.45) is 3.62. The van der Waals surface area contributed by atoms with Gasteiger partial charge in [0.1, 0.15) is 5.75 Å². The molecule has 0 aliphatic rings. The minimum atomic E-state index is -0.0765. The first-order valence-electron chi connectivity index (χ1n) is 5.16. The number of amides is 1. The van der Waals surface area contributed by atoms with Gasteiger partial charge in [0.05, 0.1) is 18.7 Å². The molecule has 0 saturated heterocycles. The monoisotopic (exact) mass is 230 g/mol. The van der Waals surface area contributed by atoms with Crippen molar-refractivity contribution in [2.75, 3.05) is 13.7 Å². The van der Waals surface area contributed by atoms with Crippen molar-refractivity contribution in [1.29, 1.82) is 5.26 Å². The van der Waals surface area contributed by atoms with E-state index in [9.17, 15) is 4.79 Å². The number of nitrogens with zero attached hydrogens (tertiary/aromatic N) is 1. The van der Waals surface area contributed by atoms with Gasteiger partial charge >= 0.3 is 0 Å². The molecule has 1 amide bonds. The number of carbonyl (C=O) groups is 1. The van der Waals surface area contributed by atoms with E-state index >= 15 is 0 Å². The largest absolute Gasteiger partial charge is 0.496 e. The molecule has 0 saturated carbocycles. The van der Waals surface area contributed by atoms with Crippen LogP contribution in [0.3, 0.4) is 0 Å². The molecule has 0 aromatic heterocycles. The van der Waals surface area contributed by atoms with Crippen molar-refractivity contribution in [2.24, 2.45) is 0 Å². The third kappa shape index (κ3) is 3.99. The molecule has 1 aromatic carbocycles. The maximum absolute atomic E-state index is 10.7. The molecule has 4 heteroatoms. The van der Waals surface area contributed by atoms with Gasteiger partial charge in [-0.25, -0.2) is 0 Å². The lowest BCUT2D eigenvalue weighted by molar-refractivity contribution is -0.118. The molecule has 1 N–H and O–H groups in total. The summed E-state index contributed by atoms with van der Waals surface area (Å²) in [7, 11) is 1.58. The summed E-state index contributed by atoms with van der Waals surface area (Å²) in [5, 5.41) is 11.4. The van der Waals surface area contributed by atoms with Crippen molar-refractivity contribution in [3.05, 3.63) is 35.4 Å². The standard InChI is InChI=1S/C13H14N2O2/c1-10(16)15-7-3-4-12-8-11(9-14)5-6-13(12)17-2/h3-6,8H,7H2,1-2H3,(H,15,16). The molecule has 17 heavy (non-hydrogen) atoms. The van der Waals surface area contributed by atoms with Crippen molar-refractivity contribution in [1.82, 2.24) is 5.32 Å². The van der Waals surface area contributed by atoms with E-state index in [1.54, 1.807) is 31.4 Å². The Morgan fingerprint density at radius 3 is 2.94 bits per heavy atom. The van der Waals surface area contributed by atoms with Gasteiger partial charge in [0, 0.05) is 19.0 Å². The number of rotatable bonds is 4. The molecular weight excluding hydrogens is 216 g/mol. The van der Waals surface area contributed by atoms with E-state index in [-0.39, 0.29) is 5.91 Å². The summed E-state index contributed by atoms with van der Waals surface area (Å²) in [5.74, 6) is 0.621. The first kappa shape index (κ1) is 12.8. The Balaban J connectivity index is 2.81. The number of carbonyl (C=O) groups excluding carboxylic acids is 1. The molecule has 0 unspecified atom stereocenters. The second kappa shape index (κ2) is 6.33. The smallest absolute Gasteiger partial charge is 0.217 e. The molecular formula is C13H14N2O2. The fourth-order valence-electron chi connectivity index (χ4n) is 1.32. The Morgan fingerprint density at radius 2 is 2.35 bits per heavy atom. The number of benzene rings is 1. The highest BCUT2D eigenvalue weighted by molar-refractivity contribution is 5.73. The summed E-state index contributed by atoms with van der Waals surface area (Å²) in [6, 6.07) is 7.25. The molecule has 0 heterocycles. The van der Waals surface area contributed by atoms with Crippen LogP contribution in [0, 0.1) is 11.3 Å². The van der Waals surface area contributed by atoms with Gasteiger partial charge in [0.15, 0.2) is 0 Å². The second-order valence-electron chi connectivity index (χ2n) is 3.41. The summed E-state index contributed by atoms with van der Waals surface area (Å²) in [6.45, 7) is 1.92. The van der Waals surface area contributed by atoms with Crippen LogP contribution in [0.5, 0.6) is 5.75 Å². The Morgan fingerprint density at radius 1 is 1.59 bits per heavy atom. The summed E-state index contributed by atoms with van der Waals surface area (Å²) in [4.78, 5) is 10.7. The summed E-state index contributed by atoms with van der Waals surface area (Å²) in [5.41, 5.74) is 1.39. The van der Waals surface area contributed by atoms with E-state index in [0.717, 1.165) is 5.56 Å². The van der Waals surface area contributed by atoms with Crippen LogP contribution in [0.1, 0.15) is 18.1 Å². The van der Waals surface area contributed by atoms with E-state index in [2.05, 4.69) is 11.4 Å². The van der Waals surface area contributed by atoms with E-state index in [1.165, 1.54) is 6.92 Å². The highest BCUT2D eigenvalue weighted by Crippen LogP contribution is 2.20. The number of ether oxygens (including phenoxy) is 1. The van der Waals surface area contributed by atoms with Gasteiger partial charge in [-0.05, 0) is 18.2 Å². The molecule has 0 aliphatic carbocycles. The fourth-order valence-corrected chi connectivity index (χ4v) is 1.32. The number of nitriles is 1. The molecule has 1 rings (SSSR count). The lowest BCUT2D eigenvalue weighted by Gasteiger charge is -2.04. The van der Waals surface area contributed by atoms with Gasteiger partial charge in [-0.15, -0.1) is 0 Å². The molecule has 0 spiro atoms. The van der Waals surface area contributed by atoms with E-state index < -0.39 is 0 Å². The maximum Gasteiger partial charge on any atom is 0.217 e. The van der Waals surface area contributed by atoms with E-state index in [1.807, 2.05) is 6.08 Å². The van der Waals surface area contributed by atoms with Gasteiger partial charge in [-0.3, -0.25) is 4.79 Å². The molecule has 0 fully saturated rings. The number of methoxy groups -OCH3 is 1. The zero-order chi connectivity index (χ0) is 12.7. The minimum Gasteiger partial charge on any atom is -0.496 e. The molecule has 0 aliphatic heterocycles. The second-order valence-corrected chi connectivity index (χ2v) is 3.41. The van der Waals surface area contributed by atoms with Gasteiger partial charge < -0.3 is 10.1 Å². The predicted molar refractivity (Wildman–Crippen MR) is 65.4 cm³/mol. The number of hydrogen-bond donors (Lipinski definition) is 1. The highest BCUT2D eigenvalue weighted by Gasteiger charge is 2.00. The van der Waals surface area contributed by atoms with Crippen LogP contribution in [-0.2, 0) is 4.79 Å². The molecule has 0 bridgehead atoms. The summed E-state index contributed by atoms with van der Waals surface area (Å²) < 4.78 is 5.17. The first-order valence-corrected chi connectivity index (χ1v) is 5.16. The topological polar surface area (TPSA) is 62.1 Å². The Hall–Kier alpha value is -2.28. The van der Waals surface area contributed by atoms with Gasteiger partial charge in [-0.2, -0.15) is 5.26 Å². The van der Waals surface area contributed by atoms with Crippen molar-refractivity contribution < 1.29 is 9.53 Å². The minimum absolute atomic E-state index is 0.0765. The van der Waals surface area contributed by atoms with Gasteiger partial charge in [0.2, 0.25) is 5.91 Å². The fraction of sp³-hybridized carbons (Fsp3) is 0.231. The van der Waals surface area contributed by atoms with Gasteiger partial charge in [0.25, 0.3) is 0 Å². The van der Waals surface area contributed by atoms with Crippen LogP contribution in [0.15, 0.2) is 24.3 Å². The lowest BCUT2D eigenvalue weighted by atomic mass is 10.1. The third-order valence-corrected chi connectivity index (χ3v) is 2.13. The van der Waals surface area contributed by atoms with Crippen molar-refractivity contribution in [2.45, 2.75) is 6.92 Å². The van der Waals surface area contributed by atoms with Crippen molar-refractivity contribution in [3.8, 4) is 11.8 Å². The molecule has 88 valence electrons. The number of hydrogen-bond acceptors (Lipinski definition) is 3. The highest BCUT2D eigenvalue weighted by atomic mass is 16.5. The summed E-state index contributed by atoms with van der Waals surface area (Å²) >= 11 is 0.